The Morgan fingerprint density at radius 2 is 1.47 bits per heavy atom. The predicted molar refractivity (Wildman–Crippen MR) is 151 cm³/mol. The van der Waals surface area contributed by atoms with Crippen molar-refractivity contribution < 1.29 is 0 Å². The Bertz CT molecular complexity index is 2020. The maximum atomic E-state index is 4.52. The maximum absolute atomic E-state index is 4.52. The molecule has 2 nitrogen and oxygen atoms in total. The quantitative estimate of drug-likeness (QED) is 0.239. The van der Waals surface area contributed by atoms with Gasteiger partial charge in [-0.15, -0.1) is 0 Å². The molecule has 2 heterocycles. The van der Waals surface area contributed by atoms with E-state index in [2.05, 4.69) is 120 Å². The van der Waals surface area contributed by atoms with Gasteiger partial charge in [-0.2, -0.15) is 0 Å². The van der Waals surface area contributed by atoms with E-state index in [9.17, 15) is 0 Å². The molecule has 5 aromatic carbocycles. The van der Waals surface area contributed by atoms with Crippen molar-refractivity contribution in [2.45, 2.75) is 19.3 Å². The molecule has 0 aliphatic heterocycles. The molecule has 0 unspecified atom stereocenters. The second-order valence-electron chi connectivity index (χ2n) is 10.4. The first-order valence-corrected chi connectivity index (χ1v) is 12.6. The minimum absolute atomic E-state index is 0.0389. The number of nitrogens with zero attached hydrogens (tertiary/aromatic N) is 2. The molecule has 0 radical (unpaired) electrons. The number of benzene rings is 5. The molecule has 0 saturated carbocycles. The van der Waals surface area contributed by atoms with Gasteiger partial charge in [0.2, 0.25) is 0 Å². The van der Waals surface area contributed by atoms with E-state index in [1.165, 1.54) is 54.8 Å². The summed E-state index contributed by atoms with van der Waals surface area (Å²) in [6.45, 7) is 4.74. The van der Waals surface area contributed by atoms with Crippen LogP contribution in [0.3, 0.4) is 0 Å². The van der Waals surface area contributed by atoms with Gasteiger partial charge in [0.05, 0.1) is 16.6 Å². The largest absolute Gasteiger partial charge is 0.309 e. The van der Waals surface area contributed by atoms with Crippen LogP contribution in [0.2, 0.25) is 0 Å². The fourth-order valence-electron chi connectivity index (χ4n) is 6.65. The van der Waals surface area contributed by atoms with Crippen LogP contribution < -0.4 is 0 Å². The van der Waals surface area contributed by atoms with Gasteiger partial charge in [-0.3, -0.25) is 4.98 Å². The SMILES string of the molecule is CC1(C)c2ccccc2-c2ccc3c(ccc4c3c3ccccc3n4-c3ccc4ncccc4c3)c21. The van der Waals surface area contributed by atoms with Crippen molar-refractivity contribution in [3.63, 3.8) is 0 Å². The van der Waals surface area contributed by atoms with Crippen molar-refractivity contribution >= 4 is 43.5 Å². The zero-order valence-electron chi connectivity index (χ0n) is 20.3. The summed E-state index contributed by atoms with van der Waals surface area (Å²) in [5, 5.41) is 6.44. The van der Waals surface area contributed by atoms with Crippen molar-refractivity contribution in [2.24, 2.45) is 0 Å². The Morgan fingerprint density at radius 3 is 2.42 bits per heavy atom. The van der Waals surface area contributed by atoms with E-state index in [1.54, 1.807) is 0 Å². The van der Waals surface area contributed by atoms with Crippen molar-refractivity contribution in [1.82, 2.24) is 9.55 Å². The van der Waals surface area contributed by atoms with Gasteiger partial charge >= 0.3 is 0 Å². The molecular weight excluding hydrogens is 436 g/mol. The lowest BCUT2D eigenvalue weighted by Crippen LogP contribution is -2.15. The maximum Gasteiger partial charge on any atom is 0.0703 e. The summed E-state index contributed by atoms with van der Waals surface area (Å²) in [4.78, 5) is 4.52. The predicted octanol–water partition coefficient (Wildman–Crippen LogP) is 8.79. The molecule has 0 fully saturated rings. The normalized spacial score (nSPS) is 14.1. The summed E-state index contributed by atoms with van der Waals surface area (Å²) in [6, 6.07) is 37.8. The monoisotopic (exact) mass is 460 g/mol. The van der Waals surface area contributed by atoms with E-state index in [4.69, 9.17) is 0 Å². The Morgan fingerprint density at radius 1 is 0.639 bits per heavy atom. The van der Waals surface area contributed by atoms with E-state index >= 15 is 0 Å². The third kappa shape index (κ3) is 2.43. The van der Waals surface area contributed by atoms with Crippen LogP contribution in [0, 0.1) is 0 Å². The Hall–Kier alpha value is -4.43. The number of fused-ring (bicyclic) bond motifs is 10. The molecule has 170 valence electrons. The molecule has 0 spiro atoms. The number of aromatic nitrogens is 2. The summed E-state index contributed by atoms with van der Waals surface area (Å²) in [5.41, 5.74) is 10.2. The lowest BCUT2D eigenvalue weighted by Gasteiger charge is -2.23. The zero-order valence-corrected chi connectivity index (χ0v) is 20.3. The van der Waals surface area contributed by atoms with Gasteiger partial charge < -0.3 is 4.57 Å². The Balaban J connectivity index is 1.50. The van der Waals surface area contributed by atoms with Gasteiger partial charge in [0.25, 0.3) is 0 Å². The first kappa shape index (κ1) is 19.8. The Kier molecular flexibility index (Phi) is 3.76. The third-order valence-corrected chi connectivity index (χ3v) is 8.19. The number of hydrogen-bond acceptors (Lipinski definition) is 1. The van der Waals surface area contributed by atoms with Crippen LogP contribution in [0.1, 0.15) is 25.0 Å². The average molecular weight is 461 g/mol. The van der Waals surface area contributed by atoms with E-state index in [0.29, 0.717) is 0 Å². The minimum Gasteiger partial charge on any atom is -0.309 e. The highest BCUT2D eigenvalue weighted by molar-refractivity contribution is 6.22. The molecule has 0 atom stereocenters. The standard InChI is InChI=1S/C34H24N2/c1-34(2)28-11-5-3-9-23(28)25-15-14-24-26(33(25)34)16-18-31-32(24)27-10-4-6-12-30(27)36(31)22-13-17-29-21(20-22)8-7-19-35-29/h3-20H,1-2H3. The van der Waals surface area contributed by atoms with Gasteiger partial charge in [0, 0.05) is 33.5 Å². The van der Waals surface area contributed by atoms with E-state index in [0.717, 1.165) is 16.6 Å². The molecule has 2 aromatic heterocycles. The number of hydrogen-bond donors (Lipinski definition) is 0. The molecule has 0 saturated heterocycles. The highest BCUT2D eigenvalue weighted by Crippen LogP contribution is 2.52. The highest BCUT2D eigenvalue weighted by atomic mass is 15.0. The Labute approximate surface area is 209 Å². The lowest BCUT2D eigenvalue weighted by molar-refractivity contribution is 0.666. The third-order valence-electron chi connectivity index (χ3n) is 8.19. The minimum atomic E-state index is -0.0389. The van der Waals surface area contributed by atoms with Gasteiger partial charge in [-0.1, -0.05) is 80.6 Å². The van der Waals surface area contributed by atoms with Gasteiger partial charge in [-0.05, 0) is 69.4 Å². The smallest absolute Gasteiger partial charge is 0.0703 e. The molecule has 0 amide bonds. The van der Waals surface area contributed by atoms with E-state index in [-0.39, 0.29) is 5.41 Å². The average Bonchev–Trinajstić information content (AvgIpc) is 3.38. The summed E-state index contributed by atoms with van der Waals surface area (Å²) >= 11 is 0. The molecular formula is C34H24N2. The lowest BCUT2D eigenvalue weighted by atomic mass is 9.80. The fourth-order valence-corrected chi connectivity index (χ4v) is 6.65. The summed E-state index contributed by atoms with van der Waals surface area (Å²) < 4.78 is 2.41. The fraction of sp³-hybridized carbons (Fsp3) is 0.0882. The van der Waals surface area contributed by atoms with Crippen molar-refractivity contribution in [3.05, 3.63) is 120 Å². The first-order valence-electron chi connectivity index (χ1n) is 12.6. The summed E-state index contributed by atoms with van der Waals surface area (Å²) in [7, 11) is 0. The molecule has 1 aliphatic carbocycles. The molecule has 1 aliphatic rings. The molecule has 0 N–H and O–H groups in total. The second-order valence-corrected chi connectivity index (χ2v) is 10.4. The molecule has 36 heavy (non-hydrogen) atoms. The molecule has 0 bridgehead atoms. The summed E-state index contributed by atoms with van der Waals surface area (Å²) in [5.74, 6) is 0. The first-order chi connectivity index (χ1) is 17.6. The van der Waals surface area contributed by atoms with Crippen LogP contribution in [-0.4, -0.2) is 9.55 Å². The van der Waals surface area contributed by atoms with Crippen LogP contribution in [0.4, 0.5) is 0 Å². The second kappa shape index (κ2) is 6.83. The zero-order chi connectivity index (χ0) is 24.0. The molecule has 8 rings (SSSR count). The number of rotatable bonds is 1. The van der Waals surface area contributed by atoms with Gasteiger partial charge in [-0.25, -0.2) is 0 Å². The van der Waals surface area contributed by atoms with Crippen LogP contribution >= 0.6 is 0 Å². The topological polar surface area (TPSA) is 17.8 Å². The highest BCUT2D eigenvalue weighted by Gasteiger charge is 2.36. The van der Waals surface area contributed by atoms with Crippen molar-refractivity contribution in [1.29, 1.82) is 0 Å². The van der Waals surface area contributed by atoms with Crippen LogP contribution in [-0.2, 0) is 5.41 Å². The number of pyridine rings is 1. The van der Waals surface area contributed by atoms with Gasteiger partial charge in [0.1, 0.15) is 0 Å². The van der Waals surface area contributed by atoms with E-state index < -0.39 is 0 Å². The van der Waals surface area contributed by atoms with Crippen LogP contribution in [0.5, 0.6) is 0 Å². The summed E-state index contributed by atoms with van der Waals surface area (Å²) in [6.07, 6.45) is 1.85. The van der Waals surface area contributed by atoms with Crippen LogP contribution in [0.25, 0.3) is 60.3 Å². The van der Waals surface area contributed by atoms with Gasteiger partial charge in [0.15, 0.2) is 0 Å². The number of para-hydroxylation sites is 1. The molecule has 7 aromatic rings. The molecule has 2 heteroatoms. The van der Waals surface area contributed by atoms with Crippen molar-refractivity contribution in [3.8, 4) is 16.8 Å². The van der Waals surface area contributed by atoms with Crippen LogP contribution in [0.15, 0.2) is 109 Å². The van der Waals surface area contributed by atoms with Crippen molar-refractivity contribution in [2.75, 3.05) is 0 Å². The van der Waals surface area contributed by atoms with E-state index in [1.807, 2.05) is 12.3 Å².